The minimum atomic E-state index is -0.515. The van der Waals surface area contributed by atoms with Crippen molar-refractivity contribution in [2.75, 3.05) is 11.9 Å². The summed E-state index contributed by atoms with van der Waals surface area (Å²) in [5.41, 5.74) is 2.91. The number of rotatable bonds is 7. The summed E-state index contributed by atoms with van der Waals surface area (Å²) in [6, 6.07) is 33.5. The summed E-state index contributed by atoms with van der Waals surface area (Å²) in [4.78, 5) is 34.2. The molecule has 1 aromatic heterocycles. The molecule has 2 amide bonds. The molecule has 1 unspecified atom stereocenters. The van der Waals surface area contributed by atoms with Crippen molar-refractivity contribution < 1.29 is 4.79 Å². The molecule has 38 heavy (non-hydrogen) atoms. The van der Waals surface area contributed by atoms with Crippen molar-refractivity contribution in [3.8, 4) is 5.69 Å². The monoisotopic (exact) mass is 566 g/mol. The van der Waals surface area contributed by atoms with Gasteiger partial charge in [0, 0.05) is 11.0 Å². The highest BCUT2D eigenvalue weighted by molar-refractivity contribution is 9.10. The van der Waals surface area contributed by atoms with Crippen molar-refractivity contribution in [3.63, 3.8) is 0 Å². The highest BCUT2D eigenvalue weighted by Gasteiger charge is 2.27. The Morgan fingerprint density at radius 1 is 0.895 bits per heavy atom. The van der Waals surface area contributed by atoms with E-state index in [-0.39, 0.29) is 11.6 Å². The number of amides is 2. The van der Waals surface area contributed by atoms with E-state index in [2.05, 4.69) is 21.2 Å². The number of aromatic nitrogens is 2. The van der Waals surface area contributed by atoms with E-state index in [0.29, 0.717) is 41.1 Å². The van der Waals surface area contributed by atoms with Crippen LogP contribution in [0.15, 0.2) is 118 Å². The van der Waals surface area contributed by atoms with Gasteiger partial charge in [-0.15, -0.1) is 0 Å². The molecule has 5 aromatic rings. The van der Waals surface area contributed by atoms with Gasteiger partial charge in [0.1, 0.15) is 5.82 Å². The van der Waals surface area contributed by atoms with Crippen LogP contribution in [-0.4, -0.2) is 27.0 Å². The number of benzene rings is 4. The molecule has 4 aromatic carbocycles. The van der Waals surface area contributed by atoms with Crippen molar-refractivity contribution in [3.05, 3.63) is 135 Å². The fourth-order valence-corrected chi connectivity index (χ4v) is 4.89. The van der Waals surface area contributed by atoms with Crippen LogP contribution in [0.5, 0.6) is 0 Å². The van der Waals surface area contributed by atoms with Crippen LogP contribution >= 0.6 is 15.9 Å². The predicted molar refractivity (Wildman–Crippen MR) is 156 cm³/mol. The van der Waals surface area contributed by atoms with Gasteiger partial charge >= 0.3 is 6.03 Å². The lowest BCUT2D eigenvalue weighted by Crippen LogP contribution is -2.41. The Morgan fingerprint density at radius 3 is 2.26 bits per heavy atom. The first-order valence-corrected chi connectivity index (χ1v) is 13.3. The molecule has 0 radical (unpaired) electrons. The first kappa shape index (κ1) is 25.4. The van der Waals surface area contributed by atoms with Crippen LogP contribution in [0.2, 0.25) is 0 Å². The molecule has 0 aliphatic rings. The smallest absolute Gasteiger partial charge is 0.314 e. The fourth-order valence-electron chi connectivity index (χ4n) is 4.51. The topological polar surface area (TPSA) is 67.2 Å². The number of halogens is 1. The van der Waals surface area contributed by atoms with Gasteiger partial charge < -0.3 is 10.2 Å². The van der Waals surface area contributed by atoms with Crippen molar-refractivity contribution in [2.45, 2.75) is 19.4 Å². The first-order chi connectivity index (χ1) is 18.5. The maximum atomic E-state index is 13.8. The quantitative estimate of drug-likeness (QED) is 0.231. The number of urea groups is 1. The zero-order valence-electron chi connectivity index (χ0n) is 20.9. The minimum absolute atomic E-state index is 0.169. The molecule has 7 heteroatoms. The number of anilines is 1. The normalized spacial score (nSPS) is 11.7. The minimum Gasteiger partial charge on any atom is -0.314 e. The maximum Gasteiger partial charge on any atom is 0.322 e. The molecule has 190 valence electrons. The molecule has 0 aliphatic heterocycles. The summed E-state index contributed by atoms with van der Waals surface area (Å²) < 4.78 is 2.41. The zero-order chi connectivity index (χ0) is 26.5. The summed E-state index contributed by atoms with van der Waals surface area (Å²) in [5, 5.41) is 3.56. The van der Waals surface area contributed by atoms with E-state index in [4.69, 9.17) is 4.98 Å². The molecular formula is C31H27BrN4O2. The van der Waals surface area contributed by atoms with Gasteiger partial charge in [0.05, 0.1) is 28.3 Å². The largest absolute Gasteiger partial charge is 0.322 e. The number of fused-ring (bicyclic) bond motifs is 1. The van der Waals surface area contributed by atoms with Gasteiger partial charge in [-0.2, -0.15) is 0 Å². The van der Waals surface area contributed by atoms with E-state index in [1.165, 1.54) is 0 Å². The van der Waals surface area contributed by atoms with Crippen LogP contribution in [0.1, 0.15) is 24.4 Å². The summed E-state index contributed by atoms with van der Waals surface area (Å²) in [6.45, 7) is 2.35. The molecule has 0 saturated heterocycles. The lowest BCUT2D eigenvalue weighted by molar-refractivity contribution is 0.190. The summed E-state index contributed by atoms with van der Waals surface area (Å²) in [6.07, 6.45) is 0.651. The maximum absolute atomic E-state index is 13.8. The number of hydrogen-bond donors (Lipinski definition) is 1. The Kier molecular flexibility index (Phi) is 7.65. The van der Waals surface area contributed by atoms with Crippen LogP contribution in [-0.2, 0) is 6.42 Å². The van der Waals surface area contributed by atoms with Gasteiger partial charge in [-0.1, -0.05) is 72.8 Å². The lowest BCUT2D eigenvalue weighted by atomic mass is 10.1. The third kappa shape index (κ3) is 5.38. The highest BCUT2D eigenvalue weighted by Crippen LogP contribution is 2.26. The second-order valence-corrected chi connectivity index (χ2v) is 9.83. The number of para-hydroxylation sites is 3. The van der Waals surface area contributed by atoms with Crippen LogP contribution in [0.25, 0.3) is 16.6 Å². The van der Waals surface area contributed by atoms with E-state index in [0.717, 1.165) is 10.0 Å². The second-order valence-electron chi connectivity index (χ2n) is 8.98. The number of nitrogens with zero attached hydrogens (tertiary/aromatic N) is 3. The standard InChI is InChI=1S/C31H27BrN4O2/c1-22(29-33-27-18-10-8-16-25(27)30(37)36(29)24-14-6-3-7-15-24)35(21-20-23-12-4-2-5-13-23)31(38)34-28-19-11-9-17-26(28)32/h2-19,22H,20-21H2,1H3,(H,34,38). The van der Waals surface area contributed by atoms with Gasteiger partial charge in [-0.25, -0.2) is 9.78 Å². The van der Waals surface area contributed by atoms with Crippen molar-refractivity contribution in [2.24, 2.45) is 0 Å². The Hall–Kier alpha value is -4.23. The average molecular weight is 567 g/mol. The van der Waals surface area contributed by atoms with Gasteiger partial charge in [0.15, 0.2) is 0 Å². The molecule has 5 rings (SSSR count). The van der Waals surface area contributed by atoms with Crippen LogP contribution in [0.3, 0.4) is 0 Å². The molecule has 0 bridgehead atoms. The Bertz CT molecular complexity index is 1620. The van der Waals surface area contributed by atoms with E-state index in [9.17, 15) is 9.59 Å². The zero-order valence-corrected chi connectivity index (χ0v) is 22.5. The van der Waals surface area contributed by atoms with Gasteiger partial charge in [0.2, 0.25) is 0 Å². The summed E-state index contributed by atoms with van der Waals surface area (Å²) >= 11 is 3.52. The molecule has 0 fully saturated rings. The summed E-state index contributed by atoms with van der Waals surface area (Å²) in [7, 11) is 0. The number of nitrogens with one attached hydrogen (secondary N) is 1. The molecular weight excluding hydrogens is 540 g/mol. The Labute approximate surface area is 229 Å². The van der Waals surface area contributed by atoms with Gasteiger partial charge in [-0.3, -0.25) is 9.36 Å². The van der Waals surface area contributed by atoms with E-state index < -0.39 is 6.04 Å². The highest BCUT2D eigenvalue weighted by atomic mass is 79.9. The first-order valence-electron chi connectivity index (χ1n) is 12.5. The fraction of sp³-hybridized carbons (Fsp3) is 0.129. The number of carbonyl (C=O) groups excluding carboxylic acids is 1. The molecule has 0 spiro atoms. The van der Waals surface area contributed by atoms with Crippen molar-refractivity contribution >= 4 is 38.6 Å². The third-order valence-corrected chi connectivity index (χ3v) is 7.21. The molecule has 1 heterocycles. The Morgan fingerprint density at radius 2 is 1.53 bits per heavy atom. The second kappa shape index (κ2) is 11.4. The molecule has 0 saturated carbocycles. The lowest BCUT2D eigenvalue weighted by Gasteiger charge is -2.31. The van der Waals surface area contributed by atoms with E-state index in [1.54, 1.807) is 15.5 Å². The molecule has 1 atom stereocenters. The third-order valence-electron chi connectivity index (χ3n) is 6.52. The van der Waals surface area contributed by atoms with E-state index in [1.807, 2.05) is 110 Å². The van der Waals surface area contributed by atoms with Crippen LogP contribution in [0, 0.1) is 0 Å². The molecule has 6 nitrogen and oxygen atoms in total. The van der Waals surface area contributed by atoms with Gasteiger partial charge in [0.25, 0.3) is 5.56 Å². The van der Waals surface area contributed by atoms with Crippen LogP contribution < -0.4 is 10.9 Å². The summed E-state index contributed by atoms with van der Waals surface area (Å²) in [5.74, 6) is 0.496. The number of carbonyl (C=O) groups is 1. The molecule has 1 N–H and O–H groups in total. The number of hydrogen-bond acceptors (Lipinski definition) is 3. The molecule has 0 aliphatic carbocycles. The Balaban J connectivity index is 1.60. The predicted octanol–water partition coefficient (Wildman–Crippen LogP) is 6.99. The van der Waals surface area contributed by atoms with Crippen molar-refractivity contribution in [1.29, 1.82) is 0 Å². The van der Waals surface area contributed by atoms with E-state index >= 15 is 0 Å². The van der Waals surface area contributed by atoms with Gasteiger partial charge in [-0.05, 0) is 71.2 Å². The van der Waals surface area contributed by atoms with Crippen LogP contribution in [0.4, 0.5) is 10.5 Å². The average Bonchev–Trinajstić information content (AvgIpc) is 2.95. The van der Waals surface area contributed by atoms with Crippen molar-refractivity contribution in [1.82, 2.24) is 14.5 Å². The SMILES string of the molecule is CC(c1nc2ccccc2c(=O)n1-c1ccccc1)N(CCc1ccccc1)C(=O)Nc1ccccc1Br.